The molecule has 9 nitrogen and oxygen atoms in total. The minimum atomic E-state index is -0.147. The van der Waals surface area contributed by atoms with Crippen LogP contribution in [0.2, 0.25) is 0 Å². The molecule has 0 aliphatic carbocycles. The van der Waals surface area contributed by atoms with E-state index in [9.17, 15) is 4.79 Å². The van der Waals surface area contributed by atoms with Crippen molar-refractivity contribution in [3.05, 3.63) is 53.8 Å². The number of ether oxygens (including phenoxy) is 1. The van der Waals surface area contributed by atoms with E-state index in [1.54, 1.807) is 29.0 Å². The quantitative estimate of drug-likeness (QED) is 0.688. The van der Waals surface area contributed by atoms with E-state index in [1.807, 2.05) is 29.8 Å². The molecule has 4 heterocycles. The Morgan fingerprint density at radius 2 is 2.27 bits per heavy atom. The van der Waals surface area contributed by atoms with Gasteiger partial charge in [-0.15, -0.1) is 10.2 Å². The molecule has 3 aromatic rings. The Hall–Kier alpha value is -2.94. The van der Waals surface area contributed by atoms with Crippen molar-refractivity contribution in [2.24, 2.45) is 0 Å². The van der Waals surface area contributed by atoms with Crippen molar-refractivity contribution in [2.75, 3.05) is 13.7 Å². The van der Waals surface area contributed by atoms with Gasteiger partial charge in [0, 0.05) is 26.0 Å². The van der Waals surface area contributed by atoms with Crippen LogP contribution in [0.15, 0.2) is 35.0 Å². The van der Waals surface area contributed by atoms with Gasteiger partial charge in [-0.3, -0.25) is 9.48 Å². The molecule has 9 heteroatoms. The summed E-state index contributed by atoms with van der Waals surface area (Å²) in [7, 11) is 1.63. The third-order valence-corrected chi connectivity index (χ3v) is 4.40. The lowest BCUT2D eigenvalue weighted by atomic mass is 10.2. The number of rotatable bonds is 5. The van der Waals surface area contributed by atoms with E-state index in [4.69, 9.17) is 9.15 Å². The summed E-state index contributed by atoms with van der Waals surface area (Å²) in [6.07, 6.45) is 3.55. The van der Waals surface area contributed by atoms with Crippen molar-refractivity contribution in [3.63, 3.8) is 0 Å². The molecule has 0 saturated heterocycles. The summed E-state index contributed by atoms with van der Waals surface area (Å²) in [6.45, 7) is 3.90. The molecule has 0 radical (unpaired) electrons. The van der Waals surface area contributed by atoms with E-state index in [-0.39, 0.29) is 11.9 Å². The Morgan fingerprint density at radius 1 is 1.38 bits per heavy atom. The van der Waals surface area contributed by atoms with Crippen molar-refractivity contribution in [1.82, 2.24) is 29.4 Å². The molecular weight excluding hydrogens is 336 g/mol. The topological polar surface area (TPSA) is 91.2 Å². The first-order valence-electron chi connectivity index (χ1n) is 8.42. The molecule has 1 aliphatic heterocycles. The third-order valence-electron chi connectivity index (χ3n) is 4.40. The summed E-state index contributed by atoms with van der Waals surface area (Å²) in [5.74, 6) is 2.40. The number of aromatic nitrogens is 5. The van der Waals surface area contributed by atoms with Crippen LogP contribution in [0, 0.1) is 0 Å². The van der Waals surface area contributed by atoms with Gasteiger partial charge in [-0.25, -0.2) is 0 Å². The fourth-order valence-electron chi connectivity index (χ4n) is 3.28. The Bertz CT molecular complexity index is 898. The van der Waals surface area contributed by atoms with Gasteiger partial charge in [-0.05, 0) is 25.1 Å². The highest BCUT2D eigenvalue weighted by molar-refractivity contribution is 5.91. The molecule has 0 saturated carbocycles. The van der Waals surface area contributed by atoms with E-state index in [0.29, 0.717) is 37.8 Å². The monoisotopic (exact) mass is 356 g/mol. The zero-order valence-electron chi connectivity index (χ0n) is 14.7. The number of nitrogens with zero attached hydrogens (tertiary/aromatic N) is 6. The molecule has 0 unspecified atom stereocenters. The first kappa shape index (κ1) is 16.5. The molecule has 0 spiro atoms. The third kappa shape index (κ3) is 3.01. The van der Waals surface area contributed by atoms with Crippen molar-refractivity contribution in [3.8, 4) is 0 Å². The van der Waals surface area contributed by atoms with Crippen LogP contribution in [0.1, 0.15) is 40.9 Å². The van der Waals surface area contributed by atoms with Gasteiger partial charge in [0.15, 0.2) is 17.4 Å². The van der Waals surface area contributed by atoms with Crippen LogP contribution < -0.4 is 0 Å². The molecule has 1 amide bonds. The summed E-state index contributed by atoms with van der Waals surface area (Å²) in [5, 5.41) is 12.5. The zero-order chi connectivity index (χ0) is 18.1. The van der Waals surface area contributed by atoms with Crippen molar-refractivity contribution in [2.45, 2.75) is 32.7 Å². The fourth-order valence-corrected chi connectivity index (χ4v) is 3.28. The minimum Gasteiger partial charge on any atom is -0.454 e. The minimum absolute atomic E-state index is 0.0707. The van der Waals surface area contributed by atoms with Gasteiger partial charge in [-0.2, -0.15) is 5.10 Å². The highest BCUT2D eigenvalue weighted by atomic mass is 16.5. The van der Waals surface area contributed by atoms with Gasteiger partial charge in [0.25, 0.3) is 5.91 Å². The lowest BCUT2D eigenvalue weighted by Crippen LogP contribution is -2.40. The number of methoxy groups -OCH3 is 1. The van der Waals surface area contributed by atoms with Crippen LogP contribution >= 0.6 is 0 Å². The fraction of sp³-hybridized carbons (Fsp3) is 0.412. The Balaban J connectivity index is 1.49. The zero-order valence-corrected chi connectivity index (χ0v) is 14.7. The molecular formula is C17H20N6O3. The van der Waals surface area contributed by atoms with Crippen LogP contribution in [-0.2, 0) is 24.4 Å². The summed E-state index contributed by atoms with van der Waals surface area (Å²) in [4.78, 5) is 14.6. The van der Waals surface area contributed by atoms with Gasteiger partial charge in [0.1, 0.15) is 12.4 Å². The van der Waals surface area contributed by atoms with Gasteiger partial charge in [0.2, 0.25) is 0 Å². The number of amides is 1. The normalized spacial score (nSPS) is 16.7. The van der Waals surface area contributed by atoms with Gasteiger partial charge < -0.3 is 18.6 Å². The smallest absolute Gasteiger partial charge is 0.290 e. The van der Waals surface area contributed by atoms with Crippen LogP contribution in [0.4, 0.5) is 0 Å². The van der Waals surface area contributed by atoms with E-state index < -0.39 is 0 Å². The van der Waals surface area contributed by atoms with Crippen molar-refractivity contribution in [1.29, 1.82) is 0 Å². The lowest BCUT2D eigenvalue weighted by molar-refractivity contribution is 0.0640. The first-order valence-corrected chi connectivity index (χ1v) is 8.42. The largest absolute Gasteiger partial charge is 0.454 e. The van der Waals surface area contributed by atoms with Gasteiger partial charge in [-0.1, -0.05) is 0 Å². The molecule has 4 rings (SSSR count). The predicted molar refractivity (Wildman–Crippen MR) is 90.2 cm³/mol. The molecule has 3 aromatic heterocycles. The molecule has 1 atom stereocenters. The molecule has 1 aliphatic rings. The average Bonchev–Trinajstić information content (AvgIpc) is 3.36. The van der Waals surface area contributed by atoms with Crippen molar-refractivity contribution < 1.29 is 13.9 Å². The highest BCUT2D eigenvalue weighted by Gasteiger charge is 2.30. The van der Waals surface area contributed by atoms with E-state index in [1.165, 1.54) is 0 Å². The van der Waals surface area contributed by atoms with Crippen LogP contribution in [0.25, 0.3) is 0 Å². The lowest BCUT2D eigenvalue weighted by Gasteiger charge is -2.32. The maximum absolute atomic E-state index is 12.8. The van der Waals surface area contributed by atoms with Crippen molar-refractivity contribution >= 4 is 5.91 Å². The van der Waals surface area contributed by atoms with Gasteiger partial charge in [0.05, 0.1) is 19.1 Å². The number of hydrogen-bond acceptors (Lipinski definition) is 6. The second kappa shape index (κ2) is 6.75. The average molecular weight is 356 g/mol. The van der Waals surface area contributed by atoms with E-state index in [0.717, 1.165) is 11.6 Å². The first-order chi connectivity index (χ1) is 12.7. The summed E-state index contributed by atoms with van der Waals surface area (Å²) in [6, 6.07) is 5.43. The molecule has 26 heavy (non-hydrogen) atoms. The number of carbonyl (C=O) groups excluding carboxylic acids is 1. The summed E-state index contributed by atoms with van der Waals surface area (Å²) < 4.78 is 14.7. The molecule has 0 bridgehead atoms. The Kier molecular flexibility index (Phi) is 4.29. The number of furan rings is 1. The number of carbonyl (C=O) groups is 1. The van der Waals surface area contributed by atoms with Crippen LogP contribution in [0.3, 0.4) is 0 Å². The second-order valence-corrected chi connectivity index (χ2v) is 6.34. The summed E-state index contributed by atoms with van der Waals surface area (Å²) in [5.41, 5.74) is 0. The molecule has 0 N–H and O–H groups in total. The standard InChI is InChI=1S/C17H20N6O3/c1-12-8-21(10-15-19-20-16(11-25-2)23(12)15)17(24)14-5-4-13(26-14)9-22-7-3-6-18-22/h3-7,12H,8-11H2,1-2H3/t12-/m0/s1. The SMILES string of the molecule is COCc1nnc2n1[C@@H](C)CN(C(=O)c1ccc(Cn3cccn3)o1)C2. The molecule has 136 valence electrons. The van der Waals surface area contributed by atoms with Crippen LogP contribution in [0.5, 0.6) is 0 Å². The van der Waals surface area contributed by atoms with E-state index >= 15 is 0 Å². The second-order valence-electron chi connectivity index (χ2n) is 6.34. The van der Waals surface area contributed by atoms with E-state index in [2.05, 4.69) is 15.3 Å². The number of hydrogen-bond donors (Lipinski definition) is 0. The summed E-state index contributed by atoms with van der Waals surface area (Å²) >= 11 is 0. The number of fused-ring (bicyclic) bond motifs is 1. The Labute approximate surface area is 150 Å². The Morgan fingerprint density at radius 3 is 3.04 bits per heavy atom. The van der Waals surface area contributed by atoms with Crippen LogP contribution in [-0.4, -0.2) is 49.0 Å². The maximum Gasteiger partial charge on any atom is 0.290 e. The predicted octanol–water partition coefficient (Wildman–Crippen LogP) is 1.48. The highest BCUT2D eigenvalue weighted by Crippen LogP contribution is 2.24. The van der Waals surface area contributed by atoms with Gasteiger partial charge >= 0.3 is 0 Å². The maximum atomic E-state index is 12.8. The molecule has 0 fully saturated rings. The molecule has 0 aromatic carbocycles.